The second-order valence-electron chi connectivity index (χ2n) is 5.75. The van der Waals surface area contributed by atoms with Crippen LogP contribution >= 0.6 is 0 Å². The first kappa shape index (κ1) is 16.3. The average Bonchev–Trinajstić information content (AvgIpc) is 2.54. The minimum atomic E-state index is -0.529. The first-order valence-corrected chi connectivity index (χ1v) is 8.00. The Hall–Kier alpha value is -1.10. The third kappa shape index (κ3) is 5.65. The summed E-state index contributed by atoms with van der Waals surface area (Å²) in [5, 5.41) is 19.4. The molecule has 118 valence electrons. The van der Waals surface area contributed by atoms with Crippen LogP contribution in [0.4, 0.5) is 5.69 Å². The zero-order chi connectivity index (χ0) is 14.9. The van der Waals surface area contributed by atoms with Gasteiger partial charge in [0, 0.05) is 18.8 Å². The van der Waals surface area contributed by atoms with E-state index in [4.69, 9.17) is 4.74 Å². The van der Waals surface area contributed by atoms with Crippen molar-refractivity contribution in [2.24, 2.45) is 0 Å². The van der Waals surface area contributed by atoms with Crippen molar-refractivity contribution in [1.29, 1.82) is 0 Å². The summed E-state index contributed by atoms with van der Waals surface area (Å²) in [5.41, 5.74) is 1.02. The molecule has 1 saturated carbocycles. The predicted octanol–water partition coefficient (Wildman–Crippen LogP) is 2.20. The summed E-state index contributed by atoms with van der Waals surface area (Å²) in [4.78, 5) is 1.99. The summed E-state index contributed by atoms with van der Waals surface area (Å²) in [6.45, 7) is 1.45. The number of benzene rings is 1. The van der Waals surface area contributed by atoms with Crippen molar-refractivity contribution in [2.45, 2.75) is 44.3 Å². The Morgan fingerprint density at radius 1 is 1.14 bits per heavy atom. The molecule has 1 unspecified atom stereocenters. The number of aliphatic hydroxyl groups excluding tert-OH is 2. The summed E-state index contributed by atoms with van der Waals surface area (Å²) < 4.78 is 5.82. The fraction of sp³-hybridized carbons (Fsp3) is 0.647. The highest BCUT2D eigenvalue weighted by molar-refractivity contribution is 5.46. The highest BCUT2D eigenvalue weighted by atomic mass is 16.5. The first-order chi connectivity index (χ1) is 10.3. The Morgan fingerprint density at radius 3 is 2.52 bits per heavy atom. The van der Waals surface area contributed by atoms with E-state index in [1.807, 2.05) is 35.2 Å². The molecular formula is C17H27NO3. The maximum Gasteiger partial charge on any atom is 0.0948 e. The Morgan fingerprint density at radius 2 is 1.86 bits per heavy atom. The van der Waals surface area contributed by atoms with Gasteiger partial charge < -0.3 is 19.8 Å². The van der Waals surface area contributed by atoms with Crippen molar-refractivity contribution in [1.82, 2.24) is 0 Å². The molecule has 0 aromatic heterocycles. The van der Waals surface area contributed by atoms with Crippen molar-refractivity contribution in [3.8, 4) is 0 Å². The topological polar surface area (TPSA) is 52.9 Å². The predicted molar refractivity (Wildman–Crippen MR) is 84.6 cm³/mol. The minimum absolute atomic E-state index is 0.0745. The van der Waals surface area contributed by atoms with Crippen molar-refractivity contribution in [2.75, 3.05) is 31.2 Å². The molecule has 1 aromatic carbocycles. The molecule has 0 saturated heterocycles. The van der Waals surface area contributed by atoms with Gasteiger partial charge in [0.2, 0.25) is 0 Å². The van der Waals surface area contributed by atoms with Gasteiger partial charge in [-0.25, -0.2) is 0 Å². The van der Waals surface area contributed by atoms with Gasteiger partial charge in [-0.05, 0) is 25.0 Å². The van der Waals surface area contributed by atoms with Crippen LogP contribution in [0.5, 0.6) is 0 Å². The molecule has 0 spiro atoms. The van der Waals surface area contributed by atoms with E-state index >= 15 is 0 Å². The normalized spacial score (nSPS) is 17.6. The molecule has 0 aliphatic heterocycles. The van der Waals surface area contributed by atoms with Crippen molar-refractivity contribution < 1.29 is 14.9 Å². The lowest BCUT2D eigenvalue weighted by Crippen LogP contribution is -2.37. The molecule has 0 bridgehead atoms. The number of ether oxygens (including phenoxy) is 1. The highest BCUT2D eigenvalue weighted by Crippen LogP contribution is 2.20. The van der Waals surface area contributed by atoms with Crippen LogP contribution in [-0.2, 0) is 4.74 Å². The van der Waals surface area contributed by atoms with Gasteiger partial charge >= 0.3 is 0 Å². The van der Waals surface area contributed by atoms with Gasteiger partial charge in [-0.1, -0.05) is 37.5 Å². The van der Waals surface area contributed by atoms with Crippen molar-refractivity contribution in [3.05, 3.63) is 30.3 Å². The van der Waals surface area contributed by atoms with Crippen LogP contribution in [0.2, 0.25) is 0 Å². The summed E-state index contributed by atoms with van der Waals surface area (Å²) in [6, 6.07) is 9.87. The molecule has 2 N–H and O–H groups in total. The van der Waals surface area contributed by atoms with Gasteiger partial charge in [-0.3, -0.25) is 0 Å². The van der Waals surface area contributed by atoms with Gasteiger partial charge in [0.25, 0.3) is 0 Å². The molecule has 1 aliphatic rings. The SMILES string of the molecule is OCCN(CC(O)COC1CCCCC1)c1ccccc1. The Balaban J connectivity index is 1.79. The quantitative estimate of drug-likeness (QED) is 0.771. The van der Waals surface area contributed by atoms with Gasteiger partial charge in [-0.15, -0.1) is 0 Å². The minimum Gasteiger partial charge on any atom is -0.395 e. The lowest BCUT2D eigenvalue weighted by molar-refractivity contribution is -0.0212. The summed E-state index contributed by atoms with van der Waals surface area (Å²) in [6.07, 6.45) is 5.80. The lowest BCUT2D eigenvalue weighted by Gasteiger charge is -2.28. The van der Waals surface area contributed by atoms with Crippen LogP contribution < -0.4 is 4.90 Å². The van der Waals surface area contributed by atoms with E-state index in [1.54, 1.807) is 0 Å². The van der Waals surface area contributed by atoms with E-state index in [0.717, 1.165) is 18.5 Å². The molecule has 1 fully saturated rings. The molecule has 4 heteroatoms. The zero-order valence-electron chi connectivity index (χ0n) is 12.7. The fourth-order valence-corrected chi connectivity index (χ4v) is 2.87. The van der Waals surface area contributed by atoms with E-state index < -0.39 is 6.10 Å². The number of anilines is 1. The van der Waals surface area contributed by atoms with Crippen LogP contribution in [0, 0.1) is 0 Å². The number of hydrogen-bond donors (Lipinski definition) is 2. The van der Waals surface area contributed by atoms with Gasteiger partial charge in [0.15, 0.2) is 0 Å². The Bertz CT molecular complexity index is 379. The molecular weight excluding hydrogens is 266 g/mol. The van der Waals surface area contributed by atoms with Crippen LogP contribution in [-0.4, -0.2) is 48.7 Å². The van der Waals surface area contributed by atoms with Crippen LogP contribution in [0.15, 0.2) is 30.3 Å². The maximum atomic E-state index is 10.2. The molecule has 1 aliphatic carbocycles. The number of hydrogen-bond acceptors (Lipinski definition) is 4. The number of nitrogens with zero attached hydrogens (tertiary/aromatic N) is 1. The standard InChI is InChI=1S/C17H27NO3/c19-12-11-18(15-7-3-1-4-8-15)13-16(20)14-21-17-9-5-2-6-10-17/h1,3-4,7-8,16-17,19-20H,2,5-6,9-14H2. The van der Waals surface area contributed by atoms with Gasteiger partial charge in [-0.2, -0.15) is 0 Å². The first-order valence-electron chi connectivity index (χ1n) is 8.00. The van der Waals surface area contributed by atoms with Crippen molar-refractivity contribution in [3.63, 3.8) is 0 Å². The second kappa shape index (κ2) is 9.03. The monoisotopic (exact) mass is 293 g/mol. The molecule has 0 amide bonds. The molecule has 1 atom stereocenters. The maximum absolute atomic E-state index is 10.2. The van der Waals surface area contributed by atoms with E-state index in [0.29, 0.717) is 25.8 Å². The van der Waals surface area contributed by atoms with Gasteiger partial charge in [0.1, 0.15) is 0 Å². The van der Waals surface area contributed by atoms with Crippen LogP contribution in [0.25, 0.3) is 0 Å². The van der Waals surface area contributed by atoms with Crippen LogP contribution in [0.1, 0.15) is 32.1 Å². The molecule has 1 aromatic rings. The van der Waals surface area contributed by atoms with E-state index in [-0.39, 0.29) is 6.61 Å². The van der Waals surface area contributed by atoms with Gasteiger partial charge in [0.05, 0.1) is 25.4 Å². The number of aliphatic hydroxyl groups is 2. The molecule has 2 rings (SSSR count). The van der Waals surface area contributed by atoms with E-state index in [1.165, 1.54) is 19.3 Å². The molecule has 4 nitrogen and oxygen atoms in total. The Labute approximate surface area is 127 Å². The fourth-order valence-electron chi connectivity index (χ4n) is 2.87. The van der Waals surface area contributed by atoms with Crippen LogP contribution in [0.3, 0.4) is 0 Å². The largest absolute Gasteiger partial charge is 0.395 e. The number of para-hydroxylation sites is 1. The average molecular weight is 293 g/mol. The third-order valence-corrected chi connectivity index (χ3v) is 4.00. The summed E-state index contributed by atoms with van der Waals surface area (Å²) in [5.74, 6) is 0. The molecule has 0 radical (unpaired) electrons. The Kier molecular flexibility index (Phi) is 7.00. The number of rotatable bonds is 8. The van der Waals surface area contributed by atoms with E-state index in [2.05, 4.69) is 0 Å². The summed E-state index contributed by atoms with van der Waals surface area (Å²) >= 11 is 0. The summed E-state index contributed by atoms with van der Waals surface area (Å²) in [7, 11) is 0. The second-order valence-corrected chi connectivity index (χ2v) is 5.75. The highest BCUT2D eigenvalue weighted by Gasteiger charge is 2.17. The third-order valence-electron chi connectivity index (χ3n) is 4.00. The van der Waals surface area contributed by atoms with Crippen molar-refractivity contribution >= 4 is 5.69 Å². The smallest absolute Gasteiger partial charge is 0.0948 e. The van der Waals surface area contributed by atoms with E-state index in [9.17, 15) is 10.2 Å². The zero-order valence-corrected chi connectivity index (χ0v) is 12.7. The molecule has 21 heavy (non-hydrogen) atoms. The lowest BCUT2D eigenvalue weighted by atomic mass is 9.98. The molecule has 0 heterocycles.